The molecule has 0 heterocycles. The van der Waals surface area contributed by atoms with E-state index in [2.05, 4.69) is 33.8 Å². The Balaban J connectivity index is 2.52. The molecule has 14 heteroatoms. The highest BCUT2D eigenvalue weighted by Crippen LogP contribution is 2.40. The fourth-order valence-electron chi connectivity index (χ4n) is 6.97. The first-order valence-corrected chi connectivity index (χ1v) is 22.0. The van der Waals surface area contributed by atoms with Crippen molar-refractivity contribution in [1.29, 1.82) is 0 Å². The Hall–Kier alpha value is -2.67. The molecule has 12 nitrogen and oxygen atoms in total. The van der Waals surface area contributed by atoms with Gasteiger partial charge in [0.2, 0.25) is 11.7 Å². The number of sulfone groups is 1. The van der Waals surface area contributed by atoms with Crippen molar-refractivity contribution in [2.24, 2.45) is 17.3 Å². The highest BCUT2D eigenvalue weighted by molar-refractivity contribution is 14.1. The maximum atomic E-state index is 15.0. The van der Waals surface area contributed by atoms with E-state index in [1.165, 1.54) is 11.0 Å². The molecule has 2 fully saturated rings. The number of terminal acetylenes is 1. The van der Waals surface area contributed by atoms with Crippen LogP contribution in [0.3, 0.4) is 0 Å². The van der Waals surface area contributed by atoms with Crippen molar-refractivity contribution < 1.29 is 32.4 Å². The average Bonchev–Trinajstić information content (AvgIpc) is 3.08. The van der Waals surface area contributed by atoms with Gasteiger partial charge < -0.3 is 26.2 Å². The molecule has 0 aromatic heterocycles. The van der Waals surface area contributed by atoms with Crippen LogP contribution in [0.25, 0.3) is 0 Å². The Morgan fingerprint density at radius 3 is 2.04 bits per heavy atom. The van der Waals surface area contributed by atoms with Gasteiger partial charge in [-0.25, -0.2) is 13.2 Å². The fraction of sp³-hybridized carbons (Fsp3) is 0.769. The Kier molecular flexibility index (Phi) is 17.8. The second-order valence-corrected chi connectivity index (χ2v) is 20.6. The summed E-state index contributed by atoms with van der Waals surface area (Å²) in [5.41, 5.74) is -1.63. The standard InChI is InChI=1S/C39H64IN5O7S/c1-10-12-19-29(30(46)33(47)41-24-11-2)42-34(48)32(40)45(25-28(5)27(3)4)35(49)31(38(9)20-15-13-16-21-38)43-36(50)44-39(22-17-14-18-23-39)26-53(51,52)37(6,7)8/h1,11,27-29,31-32H,2,12-26H2,3-9H3,(H,41,47)(H,42,48)(H2,43,44,50)/t28-,29?,31-,32-/m1/s1. The van der Waals surface area contributed by atoms with Crippen molar-refractivity contribution in [1.82, 2.24) is 26.2 Å². The first kappa shape index (κ1) is 46.5. The fourth-order valence-corrected chi connectivity index (χ4v) is 9.18. The molecule has 2 aliphatic carbocycles. The van der Waals surface area contributed by atoms with Gasteiger partial charge in [-0.05, 0) is 92.7 Å². The SMILES string of the molecule is C#CCCC(NC(=O)[C@H](I)N(C[C@@H](C)C(C)C)C(=O)[C@@H](NC(=O)NC1(CS(=O)(=O)C(C)(C)C)CCCCC1)C1(C)CCCCC1)C(=O)C(=O)NCC=C. The number of carbonyl (C=O) groups excluding carboxylic acids is 5. The van der Waals surface area contributed by atoms with Gasteiger partial charge in [0.1, 0.15) is 6.04 Å². The summed E-state index contributed by atoms with van der Waals surface area (Å²) in [4.78, 5) is 70.1. The maximum Gasteiger partial charge on any atom is 0.315 e. The first-order chi connectivity index (χ1) is 24.6. The summed E-state index contributed by atoms with van der Waals surface area (Å²) in [6, 6.07) is -2.86. The molecule has 0 radical (unpaired) electrons. The van der Waals surface area contributed by atoms with Crippen LogP contribution in [0.1, 0.15) is 126 Å². The molecule has 0 saturated heterocycles. The van der Waals surface area contributed by atoms with Gasteiger partial charge in [0.05, 0.1) is 22.1 Å². The Morgan fingerprint density at radius 2 is 1.53 bits per heavy atom. The minimum Gasteiger partial charge on any atom is -0.346 e. The minimum atomic E-state index is -3.59. The number of rotatable bonds is 18. The lowest BCUT2D eigenvalue weighted by Crippen LogP contribution is -2.65. The molecule has 5 amide bonds. The predicted octanol–water partition coefficient (Wildman–Crippen LogP) is 5.19. The number of urea groups is 1. The summed E-state index contributed by atoms with van der Waals surface area (Å²) in [6.45, 7) is 16.8. The van der Waals surface area contributed by atoms with Gasteiger partial charge in [-0.3, -0.25) is 19.2 Å². The van der Waals surface area contributed by atoms with Crippen molar-refractivity contribution in [3.8, 4) is 12.3 Å². The van der Waals surface area contributed by atoms with E-state index in [0.717, 1.165) is 38.5 Å². The molecule has 0 aromatic rings. The van der Waals surface area contributed by atoms with Crippen molar-refractivity contribution in [2.45, 2.75) is 152 Å². The summed E-state index contributed by atoms with van der Waals surface area (Å²) in [6.07, 6.45) is 14.6. The third kappa shape index (κ3) is 13.2. The smallest absolute Gasteiger partial charge is 0.315 e. The minimum absolute atomic E-state index is 0.0252. The zero-order chi connectivity index (χ0) is 40.2. The van der Waals surface area contributed by atoms with E-state index >= 15 is 0 Å². The van der Waals surface area contributed by atoms with Crippen LogP contribution in [0.4, 0.5) is 4.79 Å². The highest BCUT2D eigenvalue weighted by Gasteiger charge is 2.47. The van der Waals surface area contributed by atoms with E-state index in [9.17, 15) is 32.4 Å². The van der Waals surface area contributed by atoms with Gasteiger partial charge in [0.25, 0.3) is 11.8 Å². The lowest BCUT2D eigenvalue weighted by Gasteiger charge is -2.44. The van der Waals surface area contributed by atoms with Crippen molar-refractivity contribution in [3.05, 3.63) is 12.7 Å². The third-order valence-electron chi connectivity index (χ3n) is 11.0. The van der Waals surface area contributed by atoms with Crippen LogP contribution in [0.15, 0.2) is 12.7 Å². The number of hydrogen-bond acceptors (Lipinski definition) is 7. The lowest BCUT2D eigenvalue weighted by atomic mass is 9.70. The highest BCUT2D eigenvalue weighted by atomic mass is 127. The monoisotopic (exact) mass is 873 g/mol. The van der Waals surface area contributed by atoms with Crippen molar-refractivity contribution in [3.63, 3.8) is 0 Å². The van der Waals surface area contributed by atoms with Crippen LogP contribution >= 0.6 is 22.6 Å². The number of carbonyl (C=O) groups is 5. The zero-order valence-electron chi connectivity index (χ0n) is 32.9. The largest absolute Gasteiger partial charge is 0.346 e. The molecule has 0 aromatic carbocycles. The number of alkyl halides is 1. The normalized spacial score (nSPS) is 19.3. The predicted molar refractivity (Wildman–Crippen MR) is 218 cm³/mol. The van der Waals surface area contributed by atoms with Crippen LogP contribution in [0, 0.1) is 29.6 Å². The molecule has 4 N–H and O–H groups in total. The number of halogens is 1. The zero-order valence-corrected chi connectivity index (χ0v) is 35.9. The van der Waals surface area contributed by atoms with Gasteiger partial charge in [-0.2, -0.15) is 0 Å². The number of ketones is 1. The lowest BCUT2D eigenvalue weighted by molar-refractivity contribution is -0.143. The quantitative estimate of drug-likeness (QED) is 0.0367. The van der Waals surface area contributed by atoms with E-state index in [4.69, 9.17) is 6.42 Å². The second-order valence-electron chi connectivity index (χ2n) is 16.7. The molecular weight excluding hydrogens is 809 g/mol. The number of nitrogens with zero attached hydrogens (tertiary/aromatic N) is 1. The maximum absolute atomic E-state index is 15.0. The number of Topliss-reactive ketones (excluding diaryl/α,β-unsaturated/α-hetero) is 1. The van der Waals surface area contributed by atoms with Gasteiger partial charge in [0, 0.05) is 19.5 Å². The Labute approximate surface area is 332 Å². The molecule has 2 saturated carbocycles. The molecule has 53 heavy (non-hydrogen) atoms. The average molecular weight is 874 g/mol. The van der Waals surface area contributed by atoms with Crippen LogP contribution in [-0.4, -0.2) is 88.1 Å². The molecule has 300 valence electrons. The molecular formula is C39H64IN5O7S. The van der Waals surface area contributed by atoms with E-state index in [-0.39, 0.29) is 43.5 Å². The van der Waals surface area contributed by atoms with Crippen LogP contribution in [0.5, 0.6) is 0 Å². The number of hydrogen-bond donors (Lipinski definition) is 4. The van der Waals surface area contributed by atoms with E-state index in [0.29, 0.717) is 25.7 Å². The molecule has 1 unspecified atom stereocenters. The molecule has 4 atom stereocenters. The molecule has 0 bridgehead atoms. The summed E-state index contributed by atoms with van der Waals surface area (Å²) in [5, 5.41) is 11.2. The number of amides is 5. The molecule has 0 spiro atoms. The Bertz CT molecular complexity index is 1460. The van der Waals surface area contributed by atoms with E-state index < -0.39 is 71.2 Å². The van der Waals surface area contributed by atoms with Crippen molar-refractivity contribution in [2.75, 3.05) is 18.8 Å². The topological polar surface area (TPSA) is 171 Å². The first-order valence-electron chi connectivity index (χ1n) is 19.1. The molecule has 0 aliphatic heterocycles. The summed E-state index contributed by atoms with van der Waals surface area (Å²) >= 11 is 1.88. The number of nitrogens with one attached hydrogen (secondary N) is 4. The van der Waals surface area contributed by atoms with Crippen LogP contribution in [0.2, 0.25) is 0 Å². The molecule has 2 aliphatic rings. The summed E-state index contributed by atoms with van der Waals surface area (Å²) < 4.78 is 24.8. The van der Waals surface area contributed by atoms with Gasteiger partial charge >= 0.3 is 6.03 Å². The van der Waals surface area contributed by atoms with E-state index in [1.807, 2.05) is 50.3 Å². The van der Waals surface area contributed by atoms with Gasteiger partial charge in [-0.1, -0.05) is 72.3 Å². The van der Waals surface area contributed by atoms with Gasteiger partial charge in [-0.15, -0.1) is 18.9 Å². The molecule has 2 rings (SSSR count). The van der Waals surface area contributed by atoms with Crippen LogP contribution in [-0.2, 0) is 29.0 Å². The second kappa shape index (κ2) is 20.3. The summed E-state index contributed by atoms with van der Waals surface area (Å²) in [5.74, 6) is -0.490. The van der Waals surface area contributed by atoms with E-state index in [1.54, 1.807) is 20.8 Å². The summed E-state index contributed by atoms with van der Waals surface area (Å²) in [7, 11) is -3.59. The van der Waals surface area contributed by atoms with Crippen LogP contribution < -0.4 is 21.3 Å². The van der Waals surface area contributed by atoms with Crippen molar-refractivity contribution >= 4 is 62.0 Å². The van der Waals surface area contributed by atoms with Gasteiger partial charge in [0.15, 0.2) is 13.9 Å². The Morgan fingerprint density at radius 1 is 0.962 bits per heavy atom. The third-order valence-corrected chi connectivity index (χ3v) is 15.1.